The van der Waals surface area contributed by atoms with Crippen molar-refractivity contribution in [3.63, 3.8) is 0 Å². The molecule has 33 heavy (non-hydrogen) atoms. The molecule has 2 aromatic carbocycles. The summed E-state index contributed by atoms with van der Waals surface area (Å²) in [6, 6.07) is 15.0. The van der Waals surface area contributed by atoms with E-state index in [9.17, 15) is 18.3 Å². The van der Waals surface area contributed by atoms with Gasteiger partial charge in [0.05, 0.1) is 17.8 Å². The molecule has 8 nitrogen and oxygen atoms in total. The Morgan fingerprint density at radius 3 is 2.21 bits per heavy atom. The number of benzene rings is 2. The number of nitrogens with zero attached hydrogens (tertiary/aromatic N) is 3. The van der Waals surface area contributed by atoms with Crippen LogP contribution < -0.4 is 0 Å². The predicted octanol–water partition coefficient (Wildman–Crippen LogP) is 2.09. The number of morpholine rings is 1. The summed E-state index contributed by atoms with van der Waals surface area (Å²) in [5, 5.41) is 10.3. The second kappa shape index (κ2) is 9.80. The number of rotatable bonds is 5. The number of carbonyl (C=O) groups excluding carboxylic acids is 1. The zero-order valence-electron chi connectivity index (χ0n) is 19.1. The Morgan fingerprint density at radius 2 is 1.58 bits per heavy atom. The first-order valence-electron chi connectivity index (χ1n) is 11.3. The van der Waals surface area contributed by atoms with Gasteiger partial charge in [0.2, 0.25) is 0 Å². The first-order chi connectivity index (χ1) is 15.7. The molecule has 2 heterocycles. The number of phenolic OH excluding ortho intramolecular Hbond substituents is 1. The number of hydrogen-bond donors (Lipinski definition) is 1. The topological polar surface area (TPSA) is 90.4 Å². The van der Waals surface area contributed by atoms with Gasteiger partial charge < -0.3 is 14.7 Å². The molecule has 2 unspecified atom stereocenters. The molecule has 0 aliphatic carbocycles. The van der Waals surface area contributed by atoms with Gasteiger partial charge in [0.15, 0.2) is 0 Å². The third-order valence-corrected chi connectivity index (χ3v) is 8.08. The largest absolute Gasteiger partial charge is 0.507 e. The lowest BCUT2D eigenvalue weighted by molar-refractivity contribution is -0.0457. The van der Waals surface area contributed by atoms with Gasteiger partial charge in [-0.1, -0.05) is 36.4 Å². The molecule has 0 aromatic heterocycles. The molecule has 9 heteroatoms. The third-order valence-electron chi connectivity index (χ3n) is 6.11. The summed E-state index contributed by atoms with van der Waals surface area (Å²) in [5.41, 5.74) is 2.29. The molecular formula is C24H31N3O5S. The van der Waals surface area contributed by atoms with Crippen LogP contribution in [0.5, 0.6) is 5.75 Å². The molecule has 0 bridgehead atoms. The fraction of sp³-hybridized carbons (Fsp3) is 0.458. The highest BCUT2D eigenvalue weighted by Gasteiger charge is 2.37. The van der Waals surface area contributed by atoms with Gasteiger partial charge in [-0.15, -0.1) is 0 Å². The van der Waals surface area contributed by atoms with Crippen LogP contribution in [0.4, 0.5) is 0 Å². The molecule has 1 amide bonds. The molecule has 0 spiro atoms. The van der Waals surface area contributed by atoms with Gasteiger partial charge in [0.1, 0.15) is 5.75 Å². The monoisotopic (exact) mass is 473 g/mol. The van der Waals surface area contributed by atoms with Crippen molar-refractivity contribution in [3.8, 4) is 5.75 Å². The zero-order valence-corrected chi connectivity index (χ0v) is 19.9. The molecule has 4 rings (SSSR count). The fourth-order valence-electron chi connectivity index (χ4n) is 4.47. The van der Waals surface area contributed by atoms with Gasteiger partial charge in [0, 0.05) is 39.3 Å². The van der Waals surface area contributed by atoms with Crippen LogP contribution in [-0.2, 0) is 21.4 Å². The van der Waals surface area contributed by atoms with Crippen molar-refractivity contribution >= 4 is 16.1 Å². The summed E-state index contributed by atoms with van der Waals surface area (Å²) in [7, 11) is -3.61. The molecule has 2 atom stereocenters. The van der Waals surface area contributed by atoms with E-state index in [1.54, 1.807) is 17.0 Å². The smallest absolute Gasteiger partial charge is 0.282 e. The second-order valence-corrected chi connectivity index (χ2v) is 10.7. The van der Waals surface area contributed by atoms with E-state index in [-0.39, 0.29) is 55.6 Å². The molecule has 2 aliphatic rings. The van der Waals surface area contributed by atoms with E-state index in [0.717, 1.165) is 11.1 Å². The molecule has 2 fully saturated rings. The first-order valence-corrected chi connectivity index (χ1v) is 12.7. The van der Waals surface area contributed by atoms with E-state index in [1.807, 2.05) is 50.2 Å². The van der Waals surface area contributed by atoms with Crippen LogP contribution in [0.2, 0.25) is 0 Å². The van der Waals surface area contributed by atoms with Crippen molar-refractivity contribution in [2.75, 3.05) is 39.3 Å². The van der Waals surface area contributed by atoms with E-state index in [0.29, 0.717) is 19.5 Å². The number of amides is 1. The number of carbonyl (C=O) groups is 1. The van der Waals surface area contributed by atoms with E-state index in [4.69, 9.17) is 4.74 Å². The molecule has 2 saturated heterocycles. The maximum absolute atomic E-state index is 13.1. The maximum Gasteiger partial charge on any atom is 0.282 e. The van der Waals surface area contributed by atoms with E-state index >= 15 is 0 Å². The highest BCUT2D eigenvalue weighted by molar-refractivity contribution is 7.86. The Balaban J connectivity index is 1.42. The SMILES string of the molecule is CC1CN(S(=O)(=O)N2CCN(C(=O)c3cc(Cc4ccccc4)ccc3O)CC2)CC(C)O1. The van der Waals surface area contributed by atoms with Gasteiger partial charge in [-0.05, 0) is 43.5 Å². The Kier molecular flexibility index (Phi) is 7.04. The van der Waals surface area contributed by atoms with Gasteiger partial charge in [0.25, 0.3) is 16.1 Å². The molecule has 178 valence electrons. The summed E-state index contributed by atoms with van der Waals surface area (Å²) < 4.78 is 34.8. The predicted molar refractivity (Wildman–Crippen MR) is 125 cm³/mol. The molecule has 0 saturated carbocycles. The minimum atomic E-state index is -3.61. The van der Waals surface area contributed by atoms with Gasteiger partial charge in [-0.3, -0.25) is 4.79 Å². The minimum Gasteiger partial charge on any atom is -0.507 e. The van der Waals surface area contributed by atoms with Crippen LogP contribution in [0.25, 0.3) is 0 Å². The van der Waals surface area contributed by atoms with E-state index in [2.05, 4.69) is 0 Å². The van der Waals surface area contributed by atoms with Crippen molar-refractivity contribution in [1.82, 2.24) is 13.5 Å². The molecule has 2 aliphatic heterocycles. The lowest BCUT2D eigenvalue weighted by atomic mass is 10.0. The summed E-state index contributed by atoms with van der Waals surface area (Å²) in [6.45, 7) is 5.38. The fourth-order valence-corrected chi connectivity index (χ4v) is 6.22. The quantitative estimate of drug-likeness (QED) is 0.718. The number of phenols is 1. The lowest BCUT2D eigenvalue weighted by Gasteiger charge is -2.40. The van der Waals surface area contributed by atoms with Crippen LogP contribution >= 0.6 is 0 Å². The van der Waals surface area contributed by atoms with E-state index < -0.39 is 10.2 Å². The molecule has 2 aromatic rings. The number of ether oxygens (including phenoxy) is 1. The number of piperazine rings is 1. The van der Waals surface area contributed by atoms with Crippen molar-refractivity contribution in [2.24, 2.45) is 0 Å². The van der Waals surface area contributed by atoms with Crippen LogP contribution in [0.15, 0.2) is 48.5 Å². The van der Waals surface area contributed by atoms with Crippen LogP contribution in [-0.4, -0.2) is 84.4 Å². The second-order valence-electron chi connectivity index (χ2n) is 8.79. The standard InChI is InChI=1S/C24H31N3O5S/c1-18-16-27(17-19(2)32-18)33(30,31)26-12-10-25(11-13-26)24(29)22-15-21(8-9-23(22)28)14-20-6-4-3-5-7-20/h3-9,15,18-19,28H,10-14,16-17H2,1-2H3. The number of hydrogen-bond acceptors (Lipinski definition) is 5. The normalized spacial score (nSPS) is 22.9. The summed E-state index contributed by atoms with van der Waals surface area (Å²) in [6.07, 6.45) is 0.346. The van der Waals surface area contributed by atoms with Crippen molar-refractivity contribution < 1.29 is 23.1 Å². The van der Waals surface area contributed by atoms with Gasteiger partial charge in [-0.2, -0.15) is 17.0 Å². The number of aromatic hydroxyl groups is 1. The Bertz CT molecular complexity index is 1070. The average molecular weight is 474 g/mol. The van der Waals surface area contributed by atoms with Crippen molar-refractivity contribution in [2.45, 2.75) is 32.5 Å². The van der Waals surface area contributed by atoms with Crippen molar-refractivity contribution in [3.05, 3.63) is 65.2 Å². The zero-order chi connectivity index (χ0) is 23.6. The van der Waals surface area contributed by atoms with E-state index in [1.165, 1.54) is 8.61 Å². The average Bonchev–Trinajstić information content (AvgIpc) is 2.80. The van der Waals surface area contributed by atoms with Crippen LogP contribution in [0.1, 0.15) is 35.3 Å². The summed E-state index contributed by atoms with van der Waals surface area (Å²) in [5.74, 6) is -0.351. The Hall–Kier alpha value is -2.46. The van der Waals surface area contributed by atoms with Crippen molar-refractivity contribution in [1.29, 1.82) is 0 Å². The maximum atomic E-state index is 13.1. The van der Waals surface area contributed by atoms with Gasteiger partial charge in [-0.25, -0.2) is 0 Å². The summed E-state index contributed by atoms with van der Waals surface area (Å²) in [4.78, 5) is 14.7. The van der Waals surface area contributed by atoms with Crippen LogP contribution in [0.3, 0.4) is 0 Å². The highest BCUT2D eigenvalue weighted by atomic mass is 32.2. The highest BCUT2D eigenvalue weighted by Crippen LogP contribution is 2.24. The third kappa shape index (κ3) is 5.38. The Morgan fingerprint density at radius 1 is 0.939 bits per heavy atom. The molecule has 1 N–H and O–H groups in total. The Labute approximate surface area is 195 Å². The molecular weight excluding hydrogens is 442 g/mol. The first kappa shape index (κ1) is 23.7. The lowest BCUT2D eigenvalue weighted by Crippen LogP contribution is -2.57. The minimum absolute atomic E-state index is 0.0665. The van der Waals surface area contributed by atoms with Crippen LogP contribution in [0, 0.1) is 0 Å². The molecule has 0 radical (unpaired) electrons. The van der Waals surface area contributed by atoms with Gasteiger partial charge >= 0.3 is 0 Å². The summed E-state index contributed by atoms with van der Waals surface area (Å²) >= 11 is 0.